The zero-order valence-corrected chi connectivity index (χ0v) is 21.0. The first-order valence-corrected chi connectivity index (χ1v) is 12.2. The monoisotopic (exact) mass is 501 g/mol. The number of nitrogens with zero attached hydrogens (tertiary/aromatic N) is 1. The van der Waals surface area contributed by atoms with E-state index in [2.05, 4.69) is 17.4 Å². The Balaban J connectivity index is 1.37. The van der Waals surface area contributed by atoms with Crippen molar-refractivity contribution in [3.05, 3.63) is 89.5 Å². The number of alkyl carbamates (subject to hydrolysis) is 1. The Morgan fingerprint density at radius 1 is 0.892 bits per heavy atom. The van der Waals surface area contributed by atoms with Crippen molar-refractivity contribution in [2.24, 2.45) is 5.73 Å². The number of anilines is 1. The van der Waals surface area contributed by atoms with E-state index in [4.69, 9.17) is 15.2 Å². The highest BCUT2D eigenvalue weighted by molar-refractivity contribution is 5.83. The van der Waals surface area contributed by atoms with Crippen molar-refractivity contribution in [1.82, 2.24) is 5.32 Å². The predicted molar refractivity (Wildman–Crippen MR) is 141 cm³/mol. The molecule has 192 valence electrons. The van der Waals surface area contributed by atoms with Gasteiger partial charge in [-0.05, 0) is 46.4 Å². The summed E-state index contributed by atoms with van der Waals surface area (Å²) in [5, 5.41) is 2.55. The lowest BCUT2D eigenvalue weighted by Crippen LogP contribution is -2.43. The maximum absolute atomic E-state index is 12.8. The van der Waals surface area contributed by atoms with E-state index in [-0.39, 0.29) is 32.0 Å². The first-order chi connectivity index (χ1) is 17.8. The molecule has 0 spiro atoms. The van der Waals surface area contributed by atoms with Crippen LogP contribution in [0, 0.1) is 0 Å². The molecule has 3 aromatic rings. The second-order valence-corrected chi connectivity index (χ2v) is 9.20. The molecule has 0 saturated heterocycles. The van der Waals surface area contributed by atoms with Crippen molar-refractivity contribution in [3.8, 4) is 11.1 Å². The molecule has 3 N–H and O–H groups in total. The highest BCUT2D eigenvalue weighted by atomic mass is 16.6. The number of primary amides is 1. The minimum Gasteiger partial charge on any atom is -0.459 e. The predicted octanol–water partition coefficient (Wildman–Crippen LogP) is 3.97. The summed E-state index contributed by atoms with van der Waals surface area (Å²) in [6.07, 6.45) is -0.831. The van der Waals surface area contributed by atoms with Gasteiger partial charge in [-0.3, -0.25) is 4.79 Å². The summed E-state index contributed by atoms with van der Waals surface area (Å²) < 4.78 is 11.0. The number of esters is 1. The number of benzene rings is 3. The van der Waals surface area contributed by atoms with Crippen LogP contribution in [0.3, 0.4) is 0 Å². The fraction of sp³-hybridized carbons (Fsp3) is 0.276. The Bertz CT molecular complexity index is 1230. The number of hydrogen-bond acceptors (Lipinski definition) is 6. The summed E-state index contributed by atoms with van der Waals surface area (Å²) in [6.45, 7) is 0.141. The van der Waals surface area contributed by atoms with E-state index in [9.17, 15) is 14.4 Å². The van der Waals surface area contributed by atoms with Crippen LogP contribution in [-0.2, 0) is 25.7 Å². The number of nitrogens with one attached hydrogen (secondary N) is 1. The number of carbonyl (C=O) groups excluding carboxylic acids is 3. The smallest absolute Gasteiger partial charge is 0.407 e. The largest absolute Gasteiger partial charge is 0.459 e. The van der Waals surface area contributed by atoms with Gasteiger partial charge < -0.3 is 25.4 Å². The van der Waals surface area contributed by atoms with Gasteiger partial charge in [0.1, 0.15) is 19.3 Å². The Morgan fingerprint density at radius 2 is 1.49 bits per heavy atom. The number of hydrogen-bond donors (Lipinski definition) is 2. The maximum Gasteiger partial charge on any atom is 0.407 e. The minimum atomic E-state index is -1.07. The Morgan fingerprint density at radius 3 is 2.05 bits per heavy atom. The minimum absolute atomic E-state index is 0.0118. The van der Waals surface area contributed by atoms with E-state index in [1.165, 1.54) is 0 Å². The van der Waals surface area contributed by atoms with Gasteiger partial charge in [0.2, 0.25) is 5.91 Å². The summed E-state index contributed by atoms with van der Waals surface area (Å²) in [7, 11) is 3.88. The Kier molecular flexibility index (Phi) is 8.08. The van der Waals surface area contributed by atoms with Crippen LogP contribution >= 0.6 is 0 Å². The summed E-state index contributed by atoms with van der Waals surface area (Å²) in [6, 6.07) is 22.5. The van der Waals surface area contributed by atoms with Gasteiger partial charge in [0.05, 0.1) is 0 Å². The molecule has 1 aliphatic carbocycles. The van der Waals surface area contributed by atoms with E-state index in [1.54, 1.807) is 0 Å². The molecule has 0 saturated carbocycles. The zero-order valence-electron chi connectivity index (χ0n) is 21.0. The van der Waals surface area contributed by atoms with Gasteiger partial charge in [-0.15, -0.1) is 0 Å². The Labute approximate surface area is 216 Å². The van der Waals surface area contributed by atoms with E-state index in [0.717, 1.165) is 33.5 Å². The molecule has 8 heteroatoms. The van der Waals surface area contributed by atoms with Gasteiger partial charge in [0, 0.05) is 32.1 Å². The fourth-order valence-electron chi connectivity index (χ4n) is 4.46. The molecule has 0 heterocycles. The summed E-state index contributed by atoms with van der Waals surface area (Å²) in [4.78, 5) is 38.8. The van der Waals surface area contributed by atoms with Crippen molar-refractivity contribution in [1.29, 1.82) is 0 Å². The van der Waals surface area contributed by atoms with Gasteiger partial charge in [0.15, 0.2) is 0 Å². The molecule has 0 fully saturated rings. The highest BCUT2D eigenvalue weighted by Crippen LogP contribution is 2.44. The SMILES string of the molecule is CN(C)c1ccc(COC(=O)[C@H](CCC(N)=O)NC(=O)OCC2c3ccccc3-c3ccccc32)cc1. The molecular formula is C29H31N3O5. The molecule has 0 aliphatic heterocycles. The molecule has 37 heavy (non-hydrogen) atoms. The normalized spacial score (nSPS) is 12.7. The molecule has 0 unspecified atom stereocenters. The quantitative estimate of drug-likeness (QED) is 0.407. The van der Waals surface area contributed by atoms with E-state index >= 15 is 0 Å². The van der Waals surface area contributed by atoms with Crippen LogP contribution in [-0.4, -0.2) is 44.7 Å². The van der Waals surface area contributed by atoms with Gasteiger partial charge in [-0.1, -0.05) is 60.7 Å². The molecule has 3 aromatic carbocycles. The van der Waals surface area contributed by atoms with Gasteiger partial charge >= 0.3 is 12.1 Å². The number of nitrogens with two attached hydrogens (primary N) is 1. The molecule has 0 bridgehead atoms. The summed E-state index contributed by atoms with van der Waals surface area (Å²) in [5.74, 6) is -1.35. The van der Waals surface area contributed by atoms with Crippen LogP contribution < -0.4 is 16.0 Å². The third-order valence-corrected chi connectivity index (χ3v) is 6.43. The lowest BCUT2D eigenvalue weighted by molar-refractivity contribution is -0.147. The topological polar surface area (TPSA) is 111 Å². The summed E-state index contributed by atoms with van der Waals surface area (Å²) >= 11 is 0. The van der Waals surface area contributed by atoms with Crippen molar-refractivity contribution in [2.45, 2.75) is 31.4 Å². The lowest BCUT2D eigenvalue weighted by Gasteiger charge is -2.19. The van der Waals surface area contributed by atoms with Crippen LogP contribution in [0.15, 0.2) is 72.8 Å². The molecule has 8 nitrogen and oxygen atoms in total. The standard InChI is InChI=1S/C29H31N3O5/c1-32(2)20-13-11-19(12-14-20)17-36-28(34)26(15-16-27(30)33)31-29(35)37-18-25-23-9-5-3-7-21(23)22-8-4-6-10-24(22)25/h3-14,25-26H,15-18H2,1-2H3,(H2,30,33)(H,31,35)/t26-/m0/s1. The van der Waals surface area contributed by atoms with E-state index < -0.39 is 24.0 Å². The third-order valence-electron chi connectivity index (χ3n) is 6.43. The van der Waals surface area contributed by atoms with Crippen LogP contribution in [0.4, 0.5) is 10.5 Å². The van der Waals surface area contributed by atoms with E-state index in [1.807, 2.05) is 79.7 Å². The van der Waals surface area contributed by atoms with Crippen LogP contribution in [0.5, 0.6) is 0 Å². The molecular weight excluding hydrogens is 470 g/mol. The molecule has 2 amide bonds. The average molecular weight is 502 g/mol. The number of ether oxygens (including phenoxy) is 2. The molecule has 0 aromatic heterocycles. The van der Waals surface area contributed by atoms with Gasteiger partial charge in [-0.25, -0.2) is 9.59 Å². The molecule has 1 aliphatic rings. The number of fused-ring (bicyclic) bond motifs is 3. The average Bonchev–Trinajstić information content (AvgIpc) is 3.22. The molecule has 4 rings (SSSR count). The lowest BCUT2D eigenvalue weighted by atomic mass is 9.98. The molecule has 0 radical (unpaired) electrons. The van der Waals surface area contributed by atoms with E-state index in [0.29, 0.717) is 0 Å². The summed E-state index contributed by atoms with van der Waals surface area (Å²) in [5.41, 5.74) is 11.5. The van der Waals surface area contributed by atoms with Gasteiger partial charge in [-0.2, -0.15) is 0 Å². The van der Waals surface area contributed by atoms with Crippen molar-refractivity contribution < 1.29 is 23.9 Å². The van der Waals surface area contributed by atoms with Crippen LogP contribution in [0.25, 0.3) is 11.1 Å². The second-order valence-electron chi connectivity index (χ2n) is 9.20. The first-order valence-electron chi connectivity index (χ1n) is 12.2. The number of carbonyl (C=O) groups is 3. The molecule has 1 atom stereocenters. The van der Waals surface area contributed by atoms with Gasteiger partial charge in [0.25, 0.3) is 0 Å². The highest BCUT2D eigenvalue weighted by Gasteiger charge is 2.30. The van der Waals surface area contributed by atoms with Crippen molar-refractivity contribution >= 4 is 23.7 Å². The number of amides is 2. The van der Waals surface area contributed by atoms with Crippen molar-refractivity contribution in [2.75, 3.05) is 25.6 Å². The fourth-order valence-corrected chi connectivity index (χ4v) is 4.46. The Hall–Kier alpha value is -4.33. The second kappa shape index (κ2) is 11.6. The maximum atomic E-state index is 12.8. The zero-order chi connectivity index (χ0) is 26.4. The van der Waals surface area contributed by atoms with Crippen LogP contribution in [0.2, 0.25) is 0 Å². The van der Waals surface area contributed by atoms with Crippen LogP contribution in [0.1, 0.15) is 35.4 Å². The first kappa shape index (κ1) is 25.8. The third kappa shape index (κ3) is 6.27. The number of rotatable bonds is 10. The van der Waals surface area contributed by atoms with Crippen molar-refractivity contribution in [3.63, 3.8) is 0 Å².